The highest BCUT2D eigenvalue weighted by Crippen LogP contribution is 2.62. The Balaban J connectivity index is 1.39. The van der Waals surface area contributed by atoms with Crippen LogP contribution in [0.4, 0.5) is 14.9 Å². The molecule has 0 radical (unpaired) electrons. The third kappa shape index (κ3) is 12.6. The number of carbonyl (C=O) groups is 1. The zero-order valence-electron chi connectivity index (χ0n) is 38.9. The number of thioether (sulfide) groups is 1. The minimum absolute atomic E-state index is 0.000829. The first-order valence-corrected chi connectivity index (χ1v) is 24.7. The molecular weight excluding hydrogens is 902 g/mol. The number of nitro benzene ring substituents is 1. The van der Waals surface area contributed by atoms with Crippen LogP contribution in [0.2, 0.25) is 0 Å². The quantitative estimate of drug-likeness (QED) is 0.0202. The Kier molecular flexibility index (Phi) is 18.5. The number of allylic oxidation sites excluding steroid dienone is 1. The normalized spacial score (nSPS) is 21.8. The van der Waals surface area contributed by atoms with Crippen molar-refractivity contribution in [3.05, 3.63) is 167 Å². The first-order chi connectivity index (χ1) is 33.7. The first kappa shape index (κ1) is 50.9. The lowest BCUT2D eigenvalue weighted by atomic mass is 9.55. The number of amides is 1. The SMILES string of the molecule is C=CCCOC(=O)N(Cc1ccc(F)cc1)C1CC(=NOCc2ccc([N+](=O)[O-])cc2)C2=CC(CCCCO)C(CCCCO)C3c4cc(OCCSc5ccccc5)ccc4OC1(OCC=C)C23. The van der Waals surface area contributed by atoms with Crippen molar-refractivity contribution in [2.75, 3.05) is 38.8 Å². The van der Waals surface area contributed by atoms with Crippen molar-refractivity contribution in [1.29, 1.82) is 0 Å². The van der Waals surface area contributed by atoms with Crippen molar-refractivity contribution in [3.63, 3.8) is 0 Å². The number of nitrogens with zero attached hydrogens (tertiary/aromatic N) is 3. The molecule has 15 heteroatoms. The van der Waals surface area contributed by atoms with Gasteiger partial charge in [0.25, 0.3) is 5.69 Å². The van der Waals surface area contributed by atoms with Crippen molar-refractivity contribution in [2.45, 2.75) is 87.2 Å². The number of non-ortho nitro benzene ring substituents is 1. The molecule has 0 saturated heterocycles. The van der Waals surface area contributed by atoms with Gasteiger partial charge in [-0.15, -0.1) is 24.9 Å². The topological polar surface area (TPSA) is 162 Å². The fraction of sp³-hybridized carbons (Fsp3) is 0.407. The third-order valence-corrected chi connectivity index (χ3v) is 14.0. The molecule has 0 aromatic heterocycles. The number of aliphatic hydroxyl groups is 2. The molecule has 1 heterocycles. The standard InChI is InChI=1S/C54H62FN3O10S/c1-3-5-30-65-53(61)57(36-38-17-21-41(55)22-18-38)50-35-48(56-67-37-39-19-23-42(24-20-39)58(62)63)46-33-40(13-9-11-27-59)45(16-10-12-28-60)51-47-34-43(64-31-32-69-44-14-7-6-8-15-44)25-26-49(47)68-54(50,52(46)51)66-29-4-2/h3-4,6-8,14-15,17-26,33-34,40,45,50-52,59-60H,1-2,5,9-13,16,27-32,35-37H2. The largest absolute Gasteiger partial charge is 0.493 e. The summed E-state index contributed by atoms with van der Waals surface area (Å²) in [6.45, 7) is 8.49. The van der Waals surface area contributed by atoms with Gasteiger partial charge in [-0.1, -0.05) is 66.6 Å². The van der Waals surface area contributed by atoms with Crippen molar-refractivity contribution < 1.29 is 48.1 Å². The zero-order valence-corrected chi connectivity index (χ0v) is 39.7. The summed E-state index contributed by atoms with van der Waals surface area (Å²) in [5.74, 6) is -1.02. The van der Waals surface area contributed by atoms with Crippen molar-refractivity contribution >= 4 is 29.3 Å². The fourth-order valence-electron chi connectivity index (χ4n) is 9.87. The molecule has 2 aliphatic carbocycles. The van der Waals surface area contributed by atoms with E-state index in [-0.39, 0.29) is 69.4 Å². The predicted octanol–water partition coefficient (Wildman–Crippen LogP) is 11.0. The Labute approximate surface area is 407 Å². The molecular formula is C54H62FN3O10S. The second-order valence-electron chi connectivity index (χ2n) is 17.4. The number of rotatable bonds is 26. The number of oxime groups is 1. The molecule has 4 aromatic carbocycles. The number of hydrogen-bond acceptors (Lipinski definition) is 12. The minimum atomic E-state index is -1.58. The van der Waals surface area contributed by atoms with Gasteiger partial charge in [0.1, 0.15) is 30.0 Å². The monoisotopic (exact) mass is 963 g/mol. The highest BCUT2D eigenvalue weighted by Gasteiger charge is 2.65. The molecule has 13 nitrogen and oxygen atoms in total. The average Bonchev–Trinajstić information content (AvgIpc) is 3.36. The van der Waals surface area contributed by atoms with Crippen LogP contribution >= 0.6 is 11.8 Å². The van der Waals surface area contributed by atoms with E-state index in [0.717, 1.165) is 47.5 Å². The van der Waals surface area contributed by atoms with Gasteiger partial charge < -0.3 is 34.0 Å². The number of unbranched alkanes of at least 4 members (excludes halogenated alkanes) is 2. The molecule has 1 aliphatic heterocycles. The maximum Gasteiger partial charge on any atom is 0.410 e. The summed E-state index contributed by atoms with van der Waals surface area (Å²) in [6.07, 6.45) is 9.63. The number of ether oxygens (including phenoxy) is 4. The van der Waals surface area contributed by atoms with Gasteiger partial charge in [-0.05, 0) is 115 Å². The summed E-state index contributed by atoms with van der Waals surface area (Å²) in [5.41, 5.74) is 3.54. The van der Waals surface area contributed by atoms with Crippen molar-refractivity contribution in [2.24, 2.45) is 22.9 Å². The van der Waals surface area contributed by atoms with Crippen LogP contribution in [-0.4, -0.2) is 82.5 Å². The molecule has 6 unspecified atom stereocenters. The van der Waals surface area contributed by atoms with Crippen LogP contribution in [0, 0.1) is 33.7 Å². The molecule has 0 spiro atoms. The molecule has 1 saturated carbocycles. The maximum absolute atomic E-state index is 14.7. The van der Waals surface area contributed by atoms with Crippen molar-refractivity contribution in [3.8, 4) is 11.5 Å². The van der Waals surface area contributed by atoms with Gasteiger partial charge in [-0.3, -0.25) is 15.0 Å². The number of carbonyl (C=O) groups excluding carboxylic acids is 1. The number of halogens is 1. The molecule has 1 amide bonds. The van der Waals surface area contributed by atoms with Gasteiger partial charge in [-0.2, -0.15) is 0 Å². The summed E-state index contributed by atoms with van der Waals surface area (Å²) in [7, 11) is 0. The Hall–Kier alpha value is -6.00. The lowest BCUT2D eigenvalue weighted by Gasteiger charge is -2.59. The Morgan fingerprint density at radius 1 is 0.942 bits per heavy atom. The van der Waals surface area contributed by atoms with E-state index in [1.54, 1.807) is 53.1 Å². The van der Waals surface area contributed by atoms with E-state index in [9.17, 15) is 29.5 Å². The maximum atomic E-state index is 14.7. The van der Waals surface area contributed by atoms with Crippen LogP contribution in [0.15, 0.2) is 144 Å². The van der Waals surface area contributed by atoms with Crippen LogP contribution in [0.1, 0.15) is 74.0 Å². The highest BCUT2D eigenvalue weighted by atomic mass is 32.2. The summed E-state index contributed by atoms with van der Waals surface area (Å²) in [4.78, 5) is 34.6. The molecule has 69 heavy (non-hydrogen) atoms. The number of benzene rings is 4. The molecule has 2 N–H and O–H groups in total. The lowest BCUT2D eigenvalue weighted by Crippen LogP contribution is -2.70. The van der Waals surface area contributed by atoms with Crippen LogP contribution in [0.25, 0.3) is 0 Å². The van der Waals surface area contributed by atoms with E-state index >= 15 is 0 Å². The molecule has 6 atom stereocenters. The fourth-order valence-corrected chi connectivity index (χ4v) is 10.6. The van der Waals surface area contributed by atoms with Gasteiger partial charge in [0.2, 0.25) is 5.79 Å². The van der Waals surface area contributed by atoms with E-state index in [0.29, 0.717) is 54.2 Å². The van der Waals surface area contributed by atoms with Crippen LogP contribution in [-0.2, 0) is 27.5 Å². The number of aliphatic hydroxyl groups excluding tert-OH is 2. The molecule has 1 fully saturated rings. The Morgan fingerprint density at radius 3 is 2.39 bits per heavy atom. The number of hydrogen-bond donors (Lipinski definition) is 2. The van der Waals surface area contributed by atoms with Gasteiger partial charge in [0, 0.05) is 60.4 Å². The smallest absolute Gasteiger partial charge is 0.410 e. The van der Waals surface area contributed by atoms with E-state index in [4.69, 9.17) is 28.9 Å². The van der Waals surface area contributed by atoms with Gasteiger partial charge in [0.05, 0.1) is 36.4 Å². The predicted molar refractivity (Wildman–Crippen MR) is 264 cm³/mol. The van der Waals surface area contributed by atoms with Gasteiger partial charge in [-0.25, -0.2) is 9.18 Å². The Morgan fingerprint density at radius 2 is 1.68 bits per heavy atom. The molecule has 3 aliphatic rings. The van der Waals surface area contributed by atoms with Gasteiger partial charge in [0.15, 0.2) is 0 Å². The molecule has 0 bridgehead atoms. The second-order valence-corrected chi connectivity index (χ2v) is 18.6. The average molecular weight is 964 g/mol. The summed E-state index contributed by atoms with van der Waals surface area (Å²) in [5, 5.41) is 36.3. The van der Waals surface area contributed by atoms with E-state index < -0.39 is 34.6 Å². The first-order valence-electron chi connectivity index (χ1n) is 23.7. The Bertz CT molecular complexity index is 2400. The van der Waals surface area contributed by atoms with E-state index in [1.165, 1.54) is 24.3 Å². The summed E-state index contributed by atoms with van der Waals surface area (Å²) < 4.78 is 41.3. The molecule has 7 rings (SSSR count). The summed E-state index contributed by atoms with van der Waals surface area (Å²) >= 11 is 1.71. The zero-order chi connectivity index (χ0) is 48.6. The van der Waals surface area contributed by atoms with Gasteiger partial charge >= 0.3 is 6.09 Å². The minimum Gasteiger partial charge on any atom is -0.493 e. The van der Waals surface area contributed by atoms with Crippen LogP contribution in [0.5, 0.6) is 11.5 Å². The highest BCUT2D eigenvalue weighted by molar-refractivity contribution is 7.99. The summed E-state index contributed by atoms with van der Waals surface area (Å²) in [6, 6.07) is 27.1. The second kappa shape index (κ2) is 25.0. The van der Waals surface area contributed by atoms with Crippen LogP contribution < -0.4 is 9.47 Å². The van der Waals surface area contributed by atoms with Crippen molar-refractivity contribution in [1.82, 2.24) is 4.90 Å². The molecule has 366 valence electrons. The number of fused-ring (bicyclic) bond motifs is 2. The molecule has 4 aromatic rings. The number of nitro groups is 1. The lowest BCUT2D eigenvalue weighted by molar-refractivity contribution is -0.384. The van der Waals surface area contributed by atoms with E-state index in [2.05, 4.69) is 37.4 Å². The van der Waals surface area contributed by atoms with E-state index in [1.807, 2.05) is 30.3 Å². The van der Waals surface area contributed by atoms with Crippen LogP contribution in [0.3, 0.4) is 0 Å². The third-order valence-electron chi connectivity index (χ3n) is 13.0.